The zero-order valence-corrected chi connectivity index (χ0v) is 18.8. The third-order valence-electron chi connectivity index (χ3n) is 6.30. The molecule has 162 valence electrons. The van der Waals surface area contributed by atoms with Crippen LogP contribution in [0, 0.1) is 5.82 Å². The maximum absolute atomic E-state index is 15.0. The van der Waals surface area contributed by atoms with Gasteiger partial charge in [0.2, 0.25) is 0 Å². The first kappa shape index (κ1) is 21.4. The maximum Gasteiger partial charge on any atom is 0.329 e. The zero-order valence-electron chi connectivity index (χ0n) is 18.0. The third-order valence-corrected chi connectivity index (χ3v) is 6.67. The fourth-order valence-corrected chi connectivity index (χ4v) is 4.58. The Hall–Kier alpha value is -2.86. The van der Waals surface area contributed by atoms with Gasteiger partial charge in [-0.2, -0.15) is 0 Å². The van der Waals surface area contributed by atoms with Crippen LogP contribution in [0.2, 0.25) is 5.02 Å². The van der Waals surface area contributed by atoms with Crippen molar-refractivity contribution in [3.05, 3.63) is 69.6 Å². The van der Waals surface area contributed by atoms with Crippen LogP contribution in [0.3, 0.4) is 0 Å². The van der Waals surface area contributed by atoms with E-state index in [4.69, 9.17) is 11.6 Å². The van der Waals surface area contributed by atoms with Gasteiger partial charge in [-0.25, -0.2) is 9.18 Å². The third kappa shape index (κ3) is 3.81. The molecule has 0 spiro atoms. The summed E-state index contributed by atoms with van der Waals surface area (Å²) in [5.41, 5.74) is 2.79. The molecule has 2 aromatic carbocycles. The maximum atomic E-state index is 15.0. The Morgan fingerprint density at radius 2 is 1.97 bits per heavy atom. The number of nitrogens with zero attached hydrogens (tertiary/aromatic N) is 2. The number of halogens is 2. The average molecular weight is 442 g/mol. The molecule has 4 rings (SSSR count). The van der Waals surface area contributed by atoms with Crippen molar-refractivity contribution in [2.24, 2.45) is 0 Å². The van der Waals surface area contributed by atoms with Crippen molar-refractivity contribution in [3.8, 4) is 0 Å². The largest absolute Gasteiger partial charge is 0.369 e. The number of carbonyl (C=O) groups is 2. The van der Waals surface area contributed by atoms with Gasteiger partial charge in [0.1, 0.15) is 11.5 Å². The van der Waals surface area contributed by atoms with Crippen LogP contribution < -0.4 is 10.2 Å². The molecule has 31 heavy (non-hydrogen) atoms. The van der Waals surface area contributed by atoms with Gasteiger partial charge in [-0.3, -0.25) is 9.69 Å². The van der Waals surface area contributed by atoms with E-state index in [2.05, 4.69) is 31.0 Å². The summed E-state index contributed by atoms with van der Waals surface area (Å²) < 4.78 is 15.0. The number of rotatable bonds is 3. The van der Waals surface area contributed by atoms with Crippen molar-refractivity contribution in [3.63, 3.8) is 0 Å². The molecule has 0 radical (unpaired) electrons. The first-order valence-electron chi connectivity index (χ1n) is 10.2. The molecular formula is C24H25ClFN3O2. The first-order valence-corrected chi connectivity index (χ1v) is 10.6. The highest BCUT2D eigenvalue weighted by Gasteiger charge is 2.36. The van der Waals surface area contributed by atoms with Crippen molar-refractivity contribution in [2.45, 2.75) is 45.2 Å². The highest BCUT2D eigenvalue weighted by molar-refractivity contribution is 6.31. The van der Waals surface area contributed by atoms with Crippen molar-refractivity contribution < 1.29 is 14.0 Å². The molecule has 1 atom stereocenters. The molecular weight excluding hydrogens is 417 g/mol. The molecule has 2 heterocycles. The Kier molecular flexibility index (Phi) is 5.30. The predicted molar refractivity (Wildman–Crippen MR) is 120 cm³/mol. The normalized spacial score (nSPS) is 21.5. The van der Waals surface area contributed by atoms with E-state index in [1.165, 1.54) is 12.1 Å². The van der Waals surface area contributed by atoms with E-state index in [0.29, 0.717) is 10.6 Å². The summed E-state index contributed by atoms with van der Waals surface area (Å²) in [5, 5.41) is 3.04. The Bertz CT molecular complexity index is 1110. The second-order valence-corrected chi connectivity index (χ2v) is 9.29. The van der Waals surface area contributed by atoms with Crippen molar-refractivity contribution in [1.29, 1.82) is 0 Å². The summed E-state index contributed by atoms with van der Waals surface area (Å²) >= 11 is 6.16. The van der Waals surface area contributed by atoms with E-state index >= 15 is 0 Å². The van der Waals surface area contributed by atoms with Gasteiger partial charge < -0.3 is 10.2 Å². The molecule has 2 aliphatic rings. The predicted octanol–water partition coefficient (Wildman–Crippen LogP) is 5.29. The molecule has 0 aromatic heterocycles. The number of anilines is 1. The number of amides is 3. The van der Waals surface area contributed by atoms with E-state index in [9.17, 15) is 14.0 Å². The Labute approximate surface area is 186 Å². The molecule has 1 saturated heterocycles. The average Bonchev–Trinajstić information content (AvgIpc) is 2.96. The van der Waals surface area contributed by atoms with Crippen LogP contribution >= 0.6 is 11.6 Å². The van der Waals surface area contributed by atoms with Gasteiger partial charge in [0.25, 0.3) is 5.91 Å². The van der Waals surface area contributed by atoms with E-state index in [-0.39, 0.29) is 29.3 Å². The first-order chi connectivity index (χ1) is 14.6. The van der Waals surface area contributed by atoms with E-state index in [0.717, 1.165) is 22.6 Å². The molecule has 0 aliphatic carbocycles. The number of hydrogen-bond acceptors (Lipinski definition) is 3. The van der Waals surface area contributed by atoms with Crippen LogP contribution in [0.5, 0.6) is 0 Å². The molecule has 1 N–H and O–H groups in total. The number of carbonyl (C=O) groups excluding carboxylic acids is 2. The minimum Gasteiger partial charge on any atom is -0.369 e. The van der Waals surface area contributed by atoms with E-state index in [1.807, 2.05) is 7.05 Å². The molecule has 0 bridgehead atoms. The fraction of sp³-hybridized carbons (Fsp3) is 0.333. The SMILES string of the molecule is CC1CC(C)(C)N(C)c2cc(F)c(/C=C3/NC(=O)N(Cc4ccccc4Cl)C3=O)cc21. The molecule has 1 fully saturated rings. The summed E-state index contributed by atoms with van der Waals surface area (Å²) in [6, 6.07) is 9.78. The van der Waals surface area contributed by atoms with Crippen molar-refractivity contribution in [2.75, 3.05) is 11.9 Å². The lowest BCUT2D eigenvalue weighted by molar-refractivity contribution is -0.123. The summed E-state index contributed by atoms with van der Waals surface area (Å²) in [5.74, 6) is -0.701. The Balaban J connectivity index is 1.65. The van der Waals surface area contributed by atoms with Crippen molar-refractivity contribution in [1.82, 2.24) is 10.2 Å². The number of imide groups is 1. The van der Waals surface area contributed by atoms with Gasteiger partial charge in [-0.15, -0.1) is 0 Å². The van der Waals surface area contributed by atoms with Crippen LogP contribution in [0.4, 0.5) is 14.9 Å². The van der Waals surface area contributed by atoms with Gasteiger partial charge in [0.05, 0.1) is 6.54 Å². The summed E-state index contributed by atoms with van der Waals surface area (Å²) in [6.45, 7) is 6.45. The van der Waals surface area contributed by atoms with Gasteiger partial charge in [-0.1, -0.05) is 36.7 Å². The summed E-state index contributed by atoms with van der Waals surface area (Å²) in [6.07, 6.45) is 2.34. The minimum atomic E-state index is -0.551. The molecule has 5 nitrogen and oxygen atoms in total. The standard InChI is InChI=1S/C24H25ClFN3O2/c1-14-12-24(2,3)28(4)21-11-19(26)16(9-17(14)21)10-20-22(30)29(23(31)27-20)13-15-7-5-6-8-18(15)25/h5-11,14H,12-13H2,1-4H3,(H,27,31)/b20-10+. The Morgan fingerprint density at radius 1 is 1.26 bits per heavy atom. The second kappa shape index (κ2) is 7.68. The van der Waals surface area contributed by atoms with Crippen LogP contribution in [0.25, 0.3) is 6.08 Å². The number of benzene rings is 2. The van der Waals surface area contributed by atoms with Crippen LogP contribution in [-0.4, -0.2) is 29.4 Å². The summed E-state index contributed by atoms with van der Waals surface area (Å²) in [4.78, 5) is 28.4. The van der Waals surface area contributed by atoms with Crippen molar-refractivity contribution >= 4 is 35.3 Å². The molecule has 2 aliphatic heterocycles. The van der Waals surface area contributed by atoms with Crippen LogP contribution in [0.15, 0.2) is 42.1 Å². The lowest BCUT2D eigenvalue weighted by Gasteiger charge is -2.45. The highest BCUT2D eigenvalue weighted by Crippen LogP contribution is 2.43. The molecule has 3 amide bonds. The van der Waals surface area contributed by atoms with Gasteiger partial charge in [-0.05, 0) is 61.6 Å². The van der Waals surface area contributed by atoms with Gasteiger partial charge >= 0.3 is 6.03 Å². The smallest absolute Gasteiger partial charge is 0.329 e. The minimum absolute atomic E-state index is 0.0469. The van der Waals surface area contributed by atoms with Crippen LogP contribution in [0.1, 0.15) is 49.8 Å². The van der Waals surface area contributed by atoms with E-state index < -0.39 is 17.8 Å². The monoisotopic (exact) mass is 441 g/mol. The lowest BCUT2D eigenvalue weighted by atomic mass is 9.80. The zero-order chi connectivity index (χ0) is 22.5. The van der Waals surface area contributed by atoms with Crippen LogP contribution in [-0.2, 0) is 11.3 Å². The quantitative estimate of drug-likeness (QED) is 0.519. The second-order valence-electron chi connectivity index (χ2n) is 8.88. The van der Waals surface area contributed by atoms with Gasteiger partial charge in [0, 0.05) is 28.9 Å². The Morgan fingerprint density at radius 3 is 2.68 bits per heavy atom. The lowest BCUT2D eigenvalue weighted by Crippen LogP contribution is -2.45. The molecule has 1 unspecified atom stereocenters. The molecule has 0 saturated carbocycles. The summed E-state index contributed by atoms with van der Waals surface area (Å²) in [7, 11) is 1.97. The number of nitrogens with one attached hydrogen (secondary N) is 1. The highest BCUT2D eigenvalue weighted by atomic mass is 35.5. The van der Waals surface area contributed by atoms with E-state index in [1.54, 1.807) is 30.3 Å². The molecule has 7 heteroatoms. The molecule has 2 aromatic rings. The topological polar surface area (TPSA) is 52.7 Å². The number of fused-ring (bicyclic) bond motifs is 1. The van der Waals surface area contributed by atoms with Gasteiger partial charge in [0.15, 0.2) is 0 Å². The number of hydrogen-bond donors (Lipinski definition) is 1. The number of urea groups is 1. The fourth-order valence-electron chi connectivity index (χ4n) is 4.38.